The molecule has 17 heavy (non-hydrogen) atoms. The molecule has 1 fully saturated rings. The lowest BCUT2D eigenvalue weighted by atomic mass is 10.2. The van der Waals surface area contributed by atoms with E-state index < -0.39 is 0 Å². The summed E-state index contributed by atoms with van der Waals surface area (Å²) in [7, 11) is 0. The van der Waals surface area contributed by atoms with Crippen LogP contribution < -0.4 is 5.48 Å². The van der Waals surface area contributed by atoms with Crippen LogP contribution in [0.4, 0.5) is 0 Å². The van der Waals surface area contributed by atoms with Crippen molar-refractivity contribution in [1.29, 1.82) is 0 Å². The number of rotatable bonds is 3. The smallest absolute Gasteiger partial charge is 0.274 e. The van der Waals surface area contributed by atoms with Crippen LogP contribution in [0.3, 0.4) is 0 Å². The predicted molar refractivity (Wildman–Crippen MR) is 60.2 cm³/mol. The van der Waals surface area contributed by atoms with E-state index in [1.165, 1.54) is 24.3 Å². The zero-order chi connectivity index (χ0) is 12.1. The first kappa shape index (κ1) is 11.9. The third-order valence-electron chi connectivity index (χ3n) is 2.55. The number of phenols is 1. The van der Waals surface area contributed by atoms with E-state index in [1.807, 2.05) is 0 Å². The highest BCUT2D eigenvalue weighted by Gasteiger charge is 2.16. The van der Waals surface area contributed by atoms with Gasteiger partial charge >= 0.3 is 0 Å². The number of carbonyl (C=O) groups excluding carboxylic acids is 1. The molecule has 5 nitrogen and oxygen atoms in total. The summed E-state index contributed by atoms with van der Waals surface area (Å²) in [5.74, 6) is -0.225. The molecule has 0 aliphatic carbocycles. The Morgan fingerprint density at radius 1 is 1.35 bits per heavy atom. The molecule has 1 heterocycles. The Bertz CT molecular complexity index is 371. The summed E-state index contributed by atoms with van der Waals surface area (Å²) < 4.78 is 5.31. The van der Waals surface area contributed by atoms with Gasteiger partial charge in [-0.3, -0.25) is 4.79 Å². The number of hydrogen-bond donors (Lipinski definition) is 2. The standard InChI is InChI=1S/C12H15NO4/c14-10-6-4-9(5-7-10)12(15)13-17-11-3-1-2-8-16-11/h4-7,11,14H,1-3,8H2,(H,13,15). The van der Waals surface area contributed by atoms with Crippen LogP contribution in [0.15, 0.2) is 24.3 Å². The van der Waals surface area contributed by atoms with Gasteiger partial charge in [-0.1, -0.05) is 0 Å². The van der Waals surface area contributed by atoms with E-state index in [-0.39, 0.29) is 17.9 Å². The Hall–Kier alpha value is -1.59. The third-order valence-corrected chi connectivity index (χ3v) is 2.55. The second-order valence-corrected chi connectivity index (χ2v) is 3.89. The number of amides is 1. The lowest BCUT2D eigenvalue weighted by Gasteiger charge is -2.22. The number of phenolic OH excluding ortho intramolecular Hbond substituents is 1. The van der Waals surface area contributed by atoms with Gasteiger partial charge in [0.15, 0.2) is 6.29 Å². The van der Waals surface area contributed by atoms with Gasteiger partial charge in [-0.05, 0) is 37.1 Å². The second-order valence-electron chi connectivity index (χ2n) is 3.89. The number of nitrogens with one attached hydrogen (secondary N) is 1. The van der Waals surface area contributed by atoms with E-state index in [0.717, 1.165) is 19.3 Å². The van der Waals surface area contributed by atoms with E-state index in [1.54, 1.807) is 0 Å². The maximum atomic E-state index is 11.6. The van der Waals surface area contributed by atoms with Crippen molar-refractivity contribution in [3.8, 4) is 5.75 Å². The molecule has 0 saturated carbocycles. The summed E-state index contributed by atoms with van der Waals surface area (Å²) in [6, 6.07) is 5.95. The fourth-order valence-corrected chi connectivity index (χ4v) is 1.60. The van der Waals surface area contributed by atoms with Crippen LogP contribution in [0.1, 0.15) is 29.6 Å². The van der Waals surface area contributed by atoms with E-state index in [9.17, 15) is 4.79 Å². The highest BCUT2D eigenvalue weighted by atomic mass is 16.8. The number of hydrogen-bond acceptors (Lipinski definition) is 4. The number of ether oxygens (including phenoxy) is 1. The summed E-state index contributed by atoms with van der Waals surface area (Å²) in [6.45, 7) is 0.666. The maximum absolute atomic E-state index is 11.6. The van der Waals surface area contributed by atoms with Crippen molar-refractivity contribution in [3.05, 3.63) is 29.8 Å². The highest BCUT2D eigenvalue weighted by molar-refractivity contribution is 5.93. The van der Waals surface area contributed by atoms with E-state index in [2.05, 4.69) is 5.48 Å². The SMILES string of the molecule is O=C(NOC1CCCCO1)c1ccc(O)cc1. The lowest BCUT2D eigenvalue weighted by molar-refractivity contribution is -0.186. The van der Waals surface area contributed by atoms with Crippen molar-refractivity contribution < 1.29 is 19.5 Å². The average Bonchev–Trinajstić information content (AvgIpc) is 2.38. The Kier molecular flexibility index (Phi) is 3.95. The molecule has 1 saturated heterocycles. The Morgan fingerprint density at radius 3 is 2.76 bits per heavy atom. The molecule has 1 aromatic rings. The Labute approximate surface area is 99.3 Å². The first-order valence-corrected chi connectivity index (χ1v) is 5.62. The number of aromatic hydroxyl groups is 1. The summed E-state index contributed by atoms with van der Waals surface area (Å²) in [4.78, 5) is 16.8. The summed E-state index contributed by atoms with van der Waals surface area (Å²) >= 11 is 0. The fraction of sp³-hybridized carbons (Fsp3) is 0.417. The third kappa shape index (κ3) is 3.44. The van der Waals surface area contributed by atoms with Gasteiger partial charge in [0.25, 0.3) is 5.91 Å². The molecule has 2 rings (SSSR count). The first-order chi connectivity index (χ1) is 8.25. The van der Waals surface area contributed by atoms with Crippen molar-refractivity contribution in [2.24, 2.45) is 0 Å². The van der Waals surface area contributed by atoms with Gasteiger partial charge in [0, 0.05) is 18.6 Å². The summed E-state index contributed by atoms with van der Waals surface area (Å²) in [5.41, 5.74) is 2.77. The van der Waals surface area contributed by atoms with Crippen LogP contribution in [0.5, 0.6) is 5.75 Å². The van der Waals surface area contributed by atoms with E-state index >= 15 is 0 Å². The van der Waals surface area contributed by atoms with Crippen LogP contribution in [0, 0.1) is 0 Å². The van der Waals surface area contributed by atoms with Crippen molar-refractivity contribution in [2.75, 3.05) is 6.61 Å². The van der Waals surface area contributed by atoms with E-state index in [4.69, 9.17) is 14.7 Å². The predicted octanol–water partition coefficient (Wildman–Crippen LogP) is 1.58. The van der Waals surface area contributed by atoms with Gasteiger partial charge in [0.2, 0.25) is 0 Å². The average molecular weight is 237 g/mol. The Morgan fingerprint density at radius 2 is 2.12 bits per heavy atom. The zero-order valence-electron chi connectivity index (χ0n) is 9.39. The quantitative estimate of drug-likeness (QED) is 0.783. The lowest BCUT2D eigenvalue weighted by Crippen LogP contribution is -2.33. The minimum absolute atomic E-state index is 0.123. The molecule has 1 aromatic carbocycles. The molecule has 2 N–H and O–H groups in total. The molecule has 0 aromatic heterocycles. The fourth-order valence-electron chi connectivity index (χ4n) is 1.60. The number of hydroxylamine groups is 1. The normalized spacial score (nSPS) is 19.9. The molecule has 0 bridgehead atoms. The molecule has 0 spiro atoms. The Balaban J connectivity index is 1.82. The van der Waals surface area contributed by atoms with Gasteiger partial charge in [0.05, 0.1) is 0 Å². The molecule has 1 atom stereocenters. The minimum atomic E-state index is -0.357. The monoisotopic (exact) mass is 237 g/mol. The first-order valence-electron chi connectivity index (χ1n) is 5.62. The van der Waals surface area contributed by atoms with Crippen LogP contribution >= 0.6 is 0 Å². The molecule has 92 valence electrons. The molecule has 1 aliphatic rings. The summed E-state index contributed by atoms with van der Waals surface area (Å²) in [6.07, 6.45) is 2.51. The molecule has 1 amide bonds. The molecule has 5 heteroatoms. The zero-order valence-corrected chi connectivity index (χ0v) is 9.39. The maximum Gasteiger partial charge on any atom is 0.274 e. The van der Waals surface area contributed by atoms with Crippen LogP contribution in [0.2, 0.25) is 0 Å². The molecular weight excluding hydrogens is 222 g/mol. The van der Waals surface area contributed by atoms with E-state index in [0.29, 0.717) is 12.2 Å². The molecular formula is C12H15NO4. The molecule has 1 unspecified atom stereocenters. The van der Waals surface area contributed by atoms with Gasteiger partial charge < -0.3 is 9.84 Å². The van der Waals surface area contributed by atoms with Gasteiger partial charge in [-0.15, -0.1) is 0 Å². The minimum Gasteiger partial charge on any atom is -0.508 e. The van der Waals surface area contributed by atoms with Gasteiger partial charge in [0.1, 0.15) is 5.75 Å². The van der Waals surface area contributed by atoms with Crippen molar-refractivity contribution >= 4 is 5.91 Å². The van der Waals surface area contributed by atoms with Gasteiger partial charge in [-0.2, -0.15) is 0 Å². The van der Waals surface area contributed by atoms with Crippen LogP contribution in [-0.2, 0) is 9.57 Å². The van der Waals surface area contributed by atoms with Crippen molar-refractivity contribution in [2.45, 2.75) is 25.6 Å². The van der Waals surface area contributed by atoms with Crippen LogP contribution in [0.25, 0.3) is 0 Å². The highest BCUT2D eigenvalue weighted by Crippen LogP contribution is 2.13. The second kappa shape index (κ2) is 5.65. The van der Waals surface area contributed by atoms with Crippen molar-refractivity contribution in [1.82, 2.24) is 5.48 Å². The van der Waals surface area contributed by atoms with Gasteiger partial charge in [-0.25, -0.2) is 10.3 Å². The van der Waals surface area contributed by atoms with Crippen molar-refractivity contribution in [3.63, 3.8) is 0 Å². The van der Waals surface area contributed by atoms with Crippen LogP contribution in [-0.4, -0.2) is 23.9 Å². The number of benzene rings is 1. The topological polar surface area (TPSA) is 67.8 Å². The largest absolute Gasteiger partial charge is 0.508 e. The molecule has 1 aliphatic heterocycles. The molecule has 0 radical (unpaired) electrons. The number of carbonyl (C=O) groups is 1. The summed E-state index contributed by atoms with van der Waals surface area (Å²) in [5, 5.41) is 9.09.